The minimum absolute atomic E-state index is 0.106. The van der Waals surface area contributed by atoms with E-state index in [1.54, 1.807) is 52.8 Å². The Bertz CT molecular complexity index is 1490. The van der Waals surface area contributed by atoms with Gasteiger partial charge in [0.05, 0.1) is 23.6 Å². The number of nitrogens with zero attached hydrogens (tertiary/aromatic N) is 3. The maximum absolute atomic E-state index is 15.0. The third-order valence-corrected chi connectivity index (χ3v) is 7.18. The second-order valence-corrected chi connectivity index (χ2v) is 12.8. The third kappa shape index (κ3) is 11.2. The van der Waals surface area contributed by atoms with E-state index in [9.17, 15) is 31.1 Å². The van der Waals surface area contributed by atoms with Crippen LogP contribution in [0.3, 0.4) is 0 Å². The van der Waals surface area contributed by atoms with Crippen LogP contribution in [0.15, 0.2) is 46.4 Å². The van der Waals surface area contributed by atoms with E-state index in [-0.39, 0.29) is 19.3 Å². The van der Waals surface area contributed by atoms with E-state index in [2.05, 4.69) is 20.5 Å². The van der Waals surface area contributed by atoms with Crippen molar-refractivity contribution >= 4 is 11.8 Å². The number of nitrogens with one attached hydrogen (secondary N) is 1. The molecule has 3 heterocycles. The molecule has 1 unspecified atom stereocenters. The lowest BCUT2D eigenvalue weighted by Gasteiger charge is -2.32. The lowest BCUT2D eigenvalue weighted by atomic mass is 9.82. The average molecular weight is 703 g/mol. The molecule has 0 saturated heterocycles. The Kier molecular flexibility index (Phi) is 14.2. The van der Waals surface area contributed by atoms with Gasteiger partial charge < -0.3 is 13.9 Å². The number of fused-ring (bicyclic) bond motifs is 5. The number of allylic oxidation sites excluding steroid dienone is 4. The number of alkyl halides is 6. The van der Waals surface area contributed by atoms with Gasteiger partial charge in [0.15, 0.2) is 5.69 Å². The topological polar surface area (TPSA) is 99.4 Å². The number of amides is 1. The van der Waals surface area contributed by atoms with E-state index in [1.165, 1.54) is 6.08 Å². The Hall–Kier alpha value is -3.68. The molecule has 0 fully saturated rings. The van der Waals surface area contributed by atoms with Crippen LogP contribution in [0.2, 0.25) is 0 Å². The molecule has 49 heavy (non-hydrogen) atoms. The number of carbonyl (C=O) groups excluding carboxylic acids is 1. The highest BCUT2D eigenvalue weighted by molar-refractivity contribution is 5.89. The normalized spacial score (nSPS) is 19.9. The lowest BCUT2D eigenvalue weighted by Crippen LogP contribution is -2.45. The van der Waals surface area contributed by atoms with Gasteiger partial charge in [-0.25, -0.2) is 9.78 Å². The molecule has 0 spiro atoms. The highest BCUT2D eigenvalue weighted by Gasteiger charge is 2.61. The summed E-state index contributed by atoms with van der Waals surface area (Å²) >= 11 is 0. The molecule has 8 nitrogen and oxygen atoms in total. The molecule has 2 aliphatic rings. The molecule has 1 aliphatic heterocycles. The molecular weight excluding hydrogens is 654 g/mol. The first-order chi connectivity index (χ1) is 22.8. The standard InChI is InChI=1S/C31H36F6N4O4.2C2H6/c1-27(2,3)45-26(42)39-21-16-20(30(32,33)34)22-17-28(4,5)14-10-7-11-15-29(31(35,36)37,43-18-19-12-8-6-9-13-19)25-41-40-24(44-25)23(21)38-22;2*1-2/h7-8,10,12-13,16H,6,9,11,14-15,17-18H2,1-5H3,(H,39,42);2*1-2H3/b10-7-;;. The summed E-state index contributed by atoms with van der Waals surface area (Å²) in [5, 5.41) is 9.71. The van der Waals surface area contributed by atoms with E-state index >= 15 is 0 Å². The van der Waals surface area contributed by atoms with Gasteiger partial charge in [-0.15, -0.1) is 10.2 Å². The van der Waals surface area contributed by atoms with E-state index in [0.717, 1.165) is 6.42 Å². The molecular formula is C35H48F6N4O4. The van der Waals surface area contributed by atoms with Crippen LogP contribution in [0.4, 0.5) is 36.8 Å². The smallest absolute Gasteiger partial charge is 0.426 e. The number of hydrogen-bond acceptors (Lipinski definition) is 7. The number of pyridine rings is 1. The van der Waals surface area contributed by atoms with E-state index in [1.807, 2.05) is 33.8 Å². The molecule has 274 valence electrons. The Labute approximate surface area is 284 Å². The fraction of sp³-hybridized carbons (Fsp3) is 0.600. The predicted molar refractivity (Wildman–Crippen MR) is 176 cm³/mol. The molecule has 4 bridgehead atoms. The van der Waals surface area contributed by atoms with Crippen LogP contribution in [-0.2, 0) is 27.7 Å². The van der Waals surface area contributed by atoms with Crippen molar-refractivity contribution in [2.75, 3.05) is 11.9 Å². The second-order valence-electron chi connectivity index (χ2n) is 12.8. The summed E-state index contributed by atoms with van der Waals surface area (Å²) in [6.45, 7) is 15.7. The SMILES string of the molecule is CC.CC.CC1(C)C/C=C\CCC(OCC2=CCCC=C2)(C(F)(F)F)c2nnc(o2)-c2nc(c(C(F)(F)F)cc2NC(=O)OC(C)(C)C)C1. The summed E-state index contributed by atoms with van der Waals surface area (Å²) < 4.78 is 104. The van der Waals surface area contributed by atoms with Gasteiger partial charge in [0.25, 0.3) is 11.8 Å². The van der Waals surface area contributed by atoms with Crippen molar-refractivity contribution < 1.29 is 45.0 Å². The lowest BCUT2D eigenvalue weighted by molar-refractivity contribution is -0.292. The maximum Gasteiger partial charge on any atom is 0.426 e. The van der Waals surface area contributed by atoms with Crippen LogP contribution in [0.5, 0.6) is 0 Å². The van der Waals surface area contributed by atoms with Crippen LogP contribution >= 0.6 is 0 Å². The molecule has 1 amide bonds. The van der Waals surface area contributed by atoms with Crippen LogP contribution in [0.25, 0.3) is 11.6 Å². The number of hydrogen-bond donors (Lipinski definition) is 1. The number of anilines is 1. The van der Waals surface area contributed by atoms with Gasteiger partial charge in [-0.3, -0.25) is 5.32 Å². The van der Waals surface area contributed by atoms with Crippen molar-refractivity contribution in [1.29, 1.82) is 0 Å². The summed E-state index contributed by atoms with van der Waals surface area (Å²) in [6, 6.07) is 0.651. The van der Waals surface area contributed by atoms with Gasteiger partial charge in [-0.1, -0.05) is 71.9 Å². The molecule has 1 N–H and O–H groups in total. The van der Waals surface area contributed by atoms with E-state index in [4.69, 9.17) is 13.9 Å². The Balaban J connectivity index is 0.00000201. The zero-order chi connectivity index (χ0) is 37.3. The summed E-state index contributed by atoms with van der Waals surface area (Å²) in [7, 11) is 0. The van der Waals surface area contributed by atoms with Gasteiger partial charge in [-0.05, 0) is 76.4 Å². The minimum Gasteiger partial charge on any atom is -0.444 e. The third-order valence-electron chi connectivity index (χ3n) is 7.18. The van der Waals surface area contributed by atoms with Crippen LogP contribution in [-0.4, -0.2) is 39.7 Å². The number of rotatable bonds is 4. The molecule has 4 rings (SSSR count). The van der Waals surface area contributed by atoms with Crippen LogP contribution in [0, 0.1) is 5.41 Å². The summed E-state index contributed by atoms with van der Waals surface area (Å²) in [6.07, 6.45) is -1.82. The largest absolute Gasteiger partial charge is 0.444 e. The van der Waals surface area contributed by atoms with Crippen LogP contribution in [0.1, 0.15) is 112 Å². The molecule has 2 aromatic heterocycles. The van der Waals surface area contributed by atoms with Gasteiger partial charge in [0.2, 0.25) is 5.60 Å². The predicted octanol–water partition coefficient (Wildman–Crippen LogP) is 10.9. The minimum atomic E-state index is -5.03. The van der Waals surface area contributed by atoms with Crippen LogP contribution < -0.4 is 5.32 Å². The van der Waals surface area contributed by atoms with Gasteiger partial charge >= 0.3 is 18.4 Å². The molecule has 2 aromatic rings. The highest BCUT2D eigenvalue weighted by Crippen LogP contribution is 2.47. The highest BCUT2D eigenvalue weighted by atomic mass is 19.4. The number of carbonyl (C=O) groups is 1. The van der Waals surface area contributed by atoms with Crippen molar-refractivity contribution in [3.63, 3.8) is 0 Å². The first-order valence-corrected chi connectivity index (χ1v) is 16.5. The Morgan fingerprint density at radius 2 is 1.63 bits per heavy atom. The van der Waals surface area contributed by atoms with E-state index < -0.39 is 82.5 Å². The summed E-state index contributed by atoms with van der Waals surface area (Å²) in [5.41, 5.74) is -6.83. The van der Waals surface area contributed by atoms with Crippen molar-refractivity contribution in [2.24, 2.45) is 5.41 Å². The molecule has 1 atom stereocenters. The first-order valence-electron chi connectivity index (χ1n) is 16.5. The quantitative estimate of drug-likeness (QED) is 0.250. The zero-order valence-corrected chi connectivity index (χ0v) is 29.7. The van der Waals surface area contributed by atoms with Gasteiger partial charge in [0, 0.05) is 0 Å². The molecule has 0 radical (unpaired) electrons. The number of aromatic nitrogens is 3. The van der Waals surface area contributed by atoms with Crippen molar-refractivity contribution in [3.8, 4) is 11.6 Å². The molecule has 14 heteroatoms. The monoisotopic (exact) mass is 702 g/mol. The zero-order valence-electron chi connectivity index (χ0n) is 29.7. The van der Waals surface area contributed by atoms with Gasteiger partial charge in [0.1, 0.15) is 5.60 Å². The fourth-order valence-corrected chi connectivity index (χ4v) is 4.98. The molecule has 1 aliphatic carbocycles. The Morgan fingerprint density at radius 3 is 2.20 bits per heavy atom. The Morgan fingerprint density at radius 1 is 0.959 bits per heavy atom. The summed E-state index contributed by atoms with van der Waals surface area (Å²) in [4.78, 5) is 16.9. The second kappa shape index (κ2) is 16.8. The first kappa shape index (κ1) is 41.5. The fourth-order valence-electron chi connectivity index (χ4n) is 4.98. The average Bonchev–Trinajstić information content (AvgIpc) is 3.49. The summed E-state index contributed by atoms with van der Waals surface area (Å²) in [5.74, 6) is -1.58. The van der Waals surface area contributed by atoms with Crippen molar-refractivity contribution in [3.05, 3.63) is 59.2 Å². The van der Waals surface area contributed by atoms with Crippen molar-refractivity contribution in [2.45, 2.75) is 124 Å². The maximum atomic E-state index is 15.0. The number of halogens is 6. The molecule has 0 aromatic carbocycles. The number of ether oxygens (including phenoxy) is 2. The van der Waals surface area contributed by atoms with E-state index in [0.29, 0.717) is 18.1 Å². The van der Waals surface area contributed by atoms with Gasteiger partial charge in [-0.2, -0.15) is 26.3 Å². The van der Waals surface area contributed by atoms with Crippen molar-refractivity contribution in [1.82, 2.24) is 15.2 Å². The molecule has 0 saturated carbocycles.